The van der Waals surface area contributed by atoms with E-state index in [-0.39, 0.29) is 5.78 Å². The molecule has 2 rings (SSSR count). The number of hydrogen-bond acceptors (Lipinski definition) is 3. The van der Waals surface area contributed by atoms with Crippen molar-refractivity contribution in [3.05, 3.63) is 34.3 Å². The second-order valence-electron chi connectivity index (χ2n) is 6.56. The summed E-state index contributed by atoms with van der Waals surface area (Å²) in [5.41, 5.74) is 0.0726. The summed E-state index contributed by atoms with van der Waals surface area (Å²) in [7, 11) is 0. The van der Waals surface area contributed by atoms with Crippen molar-refractivity contribution >= 4 is 27.8 Å². The summed E-state index contributed by atoms with van der Waals surface area (Å²) in [6.07, 6.45) is 2.15. The summed E-state index contributed by atoms with van der Waals surface area (Å²) in [6, 6.07) is 6.83. The zero-order chi connectivity index (χ0) is 16.3. The third-order valence-corrected chi connectivity index (χ3v) is 4.09. The highest BCUT2D eigenvalue weighted by molar-refractivity contribution is 9.10. The van der Waals surface area contributed by atoms with Crippen LogP contribution in [0.1, 0.15) is 50.4 Å². The molecule has 1 aromatic rings. The Bertz CT molecular complexity index is 548. The van der Waals surface area contributed by atoms with Gasteiger partial charge in [-0.2, -0.15) is 0 Å². The molecule has 4 nitrogen and oxygen atoms in total. The topological polar surface area (TPSA) is 46.6 Å². The molecule has 0 N–H and O–H groups in total. The first-order valence-corrected chi connectivity index (χ1v) is 8.36. The van der Waals surface area contributed by atoms with E-state index in [0.717, 1.165) is 17.3 Å². The van der Waals surface area contributed by atoms with Crippen LogP contribution in [0.2, 0.25) is 0 Å². The Labute approximate surface area is 140 Å². The van der Waals surface area contributed by atoms with Gasteiger partial charge in [-0.3, -0.25) is 9.69 Å². The molecule has 1 saturated heterocycles. The van der Waals surface area contributed by atoms with E-state index in [1.807, 2.05) is 32.9 Å². The molecule has 0 radical (unpaired) electrons. The first kappa shape index (κ1) is 17.0. The number of carbonyl (C=O) groups is 2. The summed E-state index contributed by atoms with van der Waals surface area (Å²) in [4.78, 5) is 26.7. The number of piperidine rings is 1. The van der Waals surface area contributed by atoms with E-state index >= 15 is 0 Å². The molecular weight excluding hydrogens is 346 g/mol. The molecule has 0 bridgehead atoms. The lowest BCUT2D eigenvalue weighted by atomic mass is 9.95. The van der Waals surface area contributed by atoms with Gasteiger partial charge in [0.15, 0.2) is 5.78 Å². The molecule has 1 aromatic carbocycles. The van der Waals surface area contributed by atoms with Crippen LogP contribution >= 0.6 is 15.9 Å². The standard InChI is InChI=1S/C17H22BrNO3/c1-17(2,3)22-16(21)19-11-5-4-6-14(19)15(20)12-7-9-13(18)10-8-12/h7-10,14H,4-6,11H2,1-3H3/t14-/m1/s1. The van der Waals surface area contributed by atoms with E-state index in [9.17, 15) is 9.59 Å². The minimum Gasteiger partial charge on any atom is -0.444 e. The molecule has 0 unspecified atom stereocenters. The number of ketones is 1. The van der Waals surface area contributed by atoms with Crippen molar-refractivity contribution in [2.24, 2.45) is 0 Å². The fourth-order valence-corrected chi connectivity index (χ4v) is 2.81. The first-order chi connectivity index (χ1) is 10.3. The Morgan fingerprint density at radius 1 is 1.18 bits per heavy atom. The van der Waals surface area contributed by atoms with Gasteiger partial charge in [0.05, 0.1) is 6.04 Å². The van der Waals surface area contributed by atoms with Gasteiger partial charge in [0, 0.05) is 16.6 Å². The second-order valence-corrected chi connectivity index (χ2v) is 7.47. The number of likely N-dealkylation sites (tertiary alicyclic amines) is 1. The quantitative estimate of drug-likeness (QED) is 0.726. The zero-order valence-electron chi connectivity index (χ0n) is 13.3. The van der Waals surface area contributed by atoms with Crippen LogP contribution in [0.5, 0.6) is 0 Å². The summed E-state index contributed by atoms with van der Waals surface area (Å²) < 4.78 is 6.37. The van der Waals surface area contributed by atoms with Crippen molar-refractivity contribution in [1.29, 1.82) is 0 Å². The largest absolute Gasteiger partial charge is 0.444 e. The van der Waals surface area contributed by atoms with Gasteiger partial charge in [0.1, 0.15) is 5.60 Å². The lowest BCUT2D eigenvalue weighted by molar-refractivity contribution is 0.0105. The van der Waals surface area contributed by atoms with Crippen LogP contribution in [0.25, 0.3) is 0 Å². The van der Waals surface area contributed by atoms with Gasteiger partial charge < -0.3 is 4.74 Å². The minimum atomic E-state index is -0.556. The zero-order valence-corrected chi connectivity index (χ0v) is 14.9. The lowest BCUT2D eigenvalue weighted by Gasteiger charge is -2.35. The Morgan fingerprint density at radius 3 is 2.41 bits per heavy atom. The highest BCUT2D eigenvalue weighted by Gasteiger charge is 2.35. The van der Waals surface area contributed by atoms with E-state index < -0.39 is 17.7 Å². The first-order valence-electron chi connectivity index (χ1n) is 7.57. The van der Waals surface area contributed by atoms with Crippen molar-refractivity contribution in [3.63, 3.8) is 0 Å². The Kier molecular flexibility index (Phi) is 5.27. The molecule has 1 aliphatic heterocycles. The maximum Gasteiger partial charge on any atom is 0.410 e. The predicted octanol–water partition coefficient (Wildman–Crippen LogP) is 4.42. The van der Waals surface area contributed by atoms with Crippen LogP contribution in [-0.4, -0.2) is 35.0 Å². The Balaban J connectivity index is 2.17. The number of halogens is 1. The molecular formula is C17H22BrNO3. The fraction of sp³-hybridized carbons (Fsp3) is 0.529. The monoisotopic (exact) mass is 367 g/mol. The maximum absolute atomic E-state index is 12.7. The van der Waals surface area contributed by atoms with Crippen LogP contribution in [0.3, 0.4) is 0 Å². The van der Waals surface area contributed by atoms with Crippen LogP contribution in [0.15, 0.2) is 28.7 Å². The van der Waals surface area contributed by atoms with Gasteiger partial charge in [-0.25, -0.2) is 4.79 Å². The summed E-state index contributed by atoms with van der Waals surface area (Å²) in [5.74, 6) is -0.0157. The molecule has 120 valence electrons. The molecule has 5 heteroatoms. The average molecular weight is 368 g/mol. The van der Waals surface area contributed by atoms with Crippen LogP contribution < -0.4 is 0 Å². The second kappa shape index (κ2) is 6.82. The molecule has 1 heterocycles. The van der Waals surface area contributed by atoms with Gasteiger partial charge in [-0.05, 0) is 52.2 Å². The summed E-state index contributed by atoms with van der Waals surface area (Å²) >= 11 is 3.36. The molecule has 1 amide bonds. The molecule has 1 aliphatic rings. The van der Waals surface area contributed by atoms with Gasteiger partial charge >= 0.3 is 6.09 Å². The van der Waals surface area contributed by atoms with Crippen LogP contribution in [0, 0.1) is 0 Å². The van der Waals surface area contributed by atoms with Crippen molar-refractivity contribution in [2.45, 2.75) is 51.7 Å². The van der Waals surface area contributed by atoms with Gasteiger partial charge in [-0.15, -0.1) is 0 Å². The molecule has 1 fully saturated rings. The summed E-state index contributed by atoms with van der Waals surface area (Å²) in [5, 5.41) is 0. The van der Waals surface area contributed by atoms with Crippen LogP contribution in [0.4, 0.5) is 4.79 Å². The lowest BCUT2D eigenvalue weighted by Crippen LogP contribution is -2.49. The highest BCUT2D eigenvalue weighted by atomic mass is 79.9. The number of benzene rings is 1. The number of carbonyl (C=O) groups excluding carboxylic acids is 2. The number of ether oxygens (including phenoxy) is 1. The maximum atomic E-state index is 12.7. The van der Waals surface area contributed by atoms with Gasteiger partial charge in [-0.1, -0.05) is 28.1 Å². The molecule has 0 spiro atoms. The molecule has 22 heavy (non-hydrogen) atoms. The Morgan fingerprint density at radius 2 is 1.82 bits per heavy atom. The minimum absolute atomic E-state index is 0.0157. The molecule has 1 atom stereocenters. The number of nitrogens with zero attached hydrogens (tertiary/aromatic N) is 1. The molecule has 0 saturated carbocycles. The summed E-state index contributed by atoms with van der Waals surface area (Å²) in [6.45, 7) is 6.07. The number of amides is 1. The predicted molar refractivity (Wildman–Crippen MR) is 89.1 cm³/mol. The van der Waals surface area contributed by atoms with E-state index in [1.54, 1.807) is 17.0 Å². The number of rotatable bonds is 2. The molecule has 0 aromatic heterocycles. The third kappa shape index (κ3) is 4.32. The Hall–Kier alpha value is -1.36. The third-order valence-electron chi connectivity index (χ3n) is 3.56. The van der Waals surface area contributed by atoms with Crippen molar-refractivity contribution in [2.75, 3.05) is 6.54 Å². The van der Waals surface area contributed by atoms with E-state index in [2.05, 4.69) is 15.9 Å². The number of Topliss-reactive ketones (excluding diaryl/α,β-unsaturated/α-hetero) is 1. The van der Waals surface area contributed by atoms with Gasteiger partial charge in [0.2, 0.25) is 0 Å². The van der Waals surface area contributed by atoms with Crippen molar-refractivity contribution in [1.82, 2.24) is 4.90 Å². The van der Waals surface area contributed by atoms with E-state index in [4.69, 9.17) is 4.74 Å². The normalized spacial score (nSPS) is 18.9. The fourth-order valence-electron chi connectivity index (χ4n) is 2.55. The van der Waals surface area contributed by atoms with E-state index in [0.29, 0.717) is 18.5 Å². The van der Waals surface area contributed by atoms with Crippen molar-refractivity contribution < 1.29 is 14.3 Å². The average Bonchev–Trinajstić information content (AvgIpc) is 2.45. The van der Waals surface area contributed by atoms with Gasteiger partial charge in [0.25, 0.3) is 0 Å². The van der Waals surface area contributed by atoms with Crippen LogP contribution in [-0.2, 0) is 4.74 Å². The highest BCUT2D eigenvalue weighted by Crippen LogP contribution is 2.24. The molecule has 0 aliphatic carbocycles. The van der Waals surface area contributed by atoms with Crippen molar-refractivity contribution in [3.8, 4) is 0 Å². The van der Waals surface area contributed by atoms with E-state index in [1.165, 1.54) is 0 Å². The SMILES string of the molecule is CC(C)(C)OC(=O)N1CCCC[C@@H]1C(=O)c1ccc(Br)cc1. The number of hydrogen-bond donors (Lipinski definition) is 0. The smallest absolute Gasteiger partial charge is 0.410 e.